The number of hydrogen-bond donors (Lipinski definition) is 4. The van der Waals surface area contributed by atoms with Crippen LogP contribution >= 0.6 is 0 Å². The molecule has 36 heavy (non-hydrogen) atoms. The molecule has 0 unspecified atom stereocenters. The predicted molar refractivity (Wildman–Crippen MR) is 126 cm³/mol. The number of carbonyl (C=O) groups is 2. The summed E-state index contributed by atoms with van der Waals surface area (Å²) in [4.78, 5) is 33.1. The van der Waals surface area contributed by atoms with E-state index in [0.29, 0.717) is 5.69 Å². The summed E-state index contributed by atoms with van der Waals surface area (Å²) in [6.45, 7) is 0. The Kier molecular flexibility index (Phi) is 6.50. The third kappa shape index (κ3) is 5.22. The first-order chi connectivity index (χ1) is 17.1. The Morgan fingerprint density at radius 2 is 1.64 bits per heavy atom. The number of carbonyl (C=O) groups excluding carboxylic acids is 2. The standard InChI is InChI=1S/C24H17F3N6O3/c25-24(26,27)22(35)36-19-15-8-7-13(20(28)29)11-16(15)18(33-23-30-9-4-10-31-23)12-17(19)21(34)32-14-5-2-1-3-6-14/h1-12H,(H3,28,29)(H,32,34)(H,30,31,33). The molecule has 4 rings (SSSR count). The van der Waals surface area contributed by atoms with Crippen molar-refractivity contribution in [3.8, 4) is 5.75 Å². The van der Waals surface area contributed by atoms with Crippen LogP contribution in [-0.2, 0) is 4.79 Å². The number of esters is 1. The lowest BCUT2D eigenvalue weighted by Gasteiger charge is -2.18. The van der Waals surface area contributed by atoms with Gasteiger partial charge in [-0.25, -0.2) is 14.8 Å². The highest BCUT2D eigenvalue weighted by molar-refractivity contribution is 6.14. The second-order valence-electron chi connectivity index (χ2n) is 7.38. The van der Waals surface area contributed by atoms with Crippen molar-refractivity contribution in [1.29, 1.82) is 5.41 Å². The van der Waals surface area contributed by atoms with Crippen LogP contribution in [0, 0.1) is 5.41 Å². The highest BCUT2D eigenvalue weighted by Crippen LogP contribution is 2.38. The molecule has 4 aromatic rings. The number of nitrogen functional groups attached to an aromatic ring is 1. The number of aromatic nitrogens is 2. The molecular formula is C24H17F3N6O3. The lowest BCUT2D eigenvalue weighted by atomic mass is 9.99. The first-order valence-corrected chi connectivity index (χ1v) is 10.3. The van der Waals surface area contributed by atoms with Gasteiger partial charge in [0.15, 0.2) is 5.75 Å². The van der Waals surface area contributed by atoms with E-state index >= 15 is 0 Å². The zero-order valence-corrected chi connectivity index (χ0v) is 18.3. The van der Waals surface area contributed by atoms with Crippen molar-refractivity contribution in [1.82, 2.24) is 9.97 Å². The molecule has 0 radical (unpaired) electrons. The molecule has 0 atom stereocenters. The quantitative estimate of drug-likeness (QED) is 0.135. The van der Waals surface area contributed by atoms with Crippen molar-refractivity contribution in [2.45, 2.75) is 6.18 Å². The number of amides is 1. The second kappa shape index (κ2) is 9.70. The first kappa shape index (κ1) is 24.1. The molecule has 1 aromatic heterocycles. The number of hydrogen-bond acceptors (Lipinski definition) is 7. The van der Waals surface area contributed by atoms with Gasteiger partial charge in [-0.05, 0) is 36.4 Å². The molecule has 0 aliphatic carbocycles. The molecule has 0 aliphatic rings. The van der Waals surface area contributed by atoms with E-state index in [0.717, 1.165) is 0 Å². The van der Waals surface area contributed by atoms with E-state index in [1.807, 2.05) is 0 Å². The summed E-state index contributed by atoms with van der Waals surface area (Å²) in [6, 6.07) is 15.1. The van der Waals surface area contributed by atoms with Crippen molar-refractivity contribution < 1.29 is 27.5 Å². The number of fused-ring (bicyclic) bond motifs is 1. The van der Waals surface area contributed by atoms with Crippen LogP contribution in [0.3, 0.4) is 0 Å². The molecule has 3 aromatic carbocycles. The van der Waals surface area contributed by atoms with E-state index < -0.39 is 23.8 Å². The minimum absolute atomic E-state index is 0.0169. The van der Waals surface area contributed by atoms with Crippen LogP contribution in [0.2, 0.25) is 0 Å². The van der Waals surface area contributed by atoms with Crippen molar-refractivity contribution >= 4 is 45.8 Å². The molecule has 0 saturated carbocycles. The molecular weight excluding hydrogens is 477 g/mol. The van der Waals surface area contributed by atoms with Crippen molar-refractivity contribution in [2.24, 2.45) is 5.73 Å². The van der Waals surface area contributed by atoms with Crippen molar-refractivity contribution in [2.75, 3.05) is 10.6 Å². The summed E-state index contributed by atoms with van der Waals surface area (Å²) in [7, 11) is 0. The highest BCUT2D eigenvalue weighted by atomic mass is 19.4. The first-order valence-electron chi connectivity index (χ1n) is 10.3. The van der Waals surface area contributed by atoms with Crippen LogP contribution < -0.4 is 21.1 Å². The number of halogens is 3. The van der Waals surface area contributed by atoms with Crippen LogP contribution in [0.5, 0.6) is 5.75 Å². The van der Waals surface area contributed by atoms with Gasteiger partial charge in [0.05, 0.1) is 5.56 Å². The fourth-order valence-corrected chi connectivity index (χ4v) is 3.30. The molecule has 182 valence electrons. The number of anilines is 3. The van der Waals surface area contributed by atoms with E-state index in [9.17, 15) is 22.8 Å². The molecule has 0 aliphatic heterocycles. The van der Waals surface area contributed by atoms with Crippen LogP contribution in [-0.4, -0.2) is 33.9 Å². The number of alkyl halides is 3. The number of nitrogens with zero attached hydrogens (tertiary/aromatic N) is 2. The van der Waals surface area contributed by atoms with Gasteiger partial charge in [0.2, 0.25) is 5.95 Å². The molecule has 0 spiro atoms. The van der Waals surface area contributed by atoms with E-state index in [1.165, 1.54) is 36.7 Å². The molecule has 1 heterocycles. The Hall–Kier alpha value is -5.00. The average Bonchev–Trinajstić information content (AvgIpc) is 2.85. The van der Waals surface area contributed by atoms with Gasteiger partial charge in [0.25, 0.3) is 5.91 Å². The number of nitrogens with two attached hydrogens (primary N) is 1. The molecule has 12 heteroatoms. The van der Waals surface area contributed by atoms with E-state index in [-0.39, 0.29) is 39.4 Å². The van der Waals surface area contributed by atoms with Crippen LogP contribution in [0.4, 0.5) is 30.5 Å². The van der Waals surface area contributed by atoms with Gasteiger partial charge >= 0.3 is 12.1 Å². The SMILES string of the molecule is N=C(N)c1ccc2c(OC(=O)C(F)(F)F)c(C(=O)Nc3ccccc3)cc(Nc3ncccn3)c2c1. The Balaban J connectivity index is 1.94. The third-order valence-electron chi connectivity index (χ3n) is 4.91. The lowest BCUT2D eigenvalue weighted by molar-refractivity contribution is -0.189. The number of benzene rings is 3. The number of para-hydroxylation sites is 1. The Morgan fingerprint density at radius 3 is 2.28 bits per heavy atom. The monoisotopic (exact) mass is 494 g/mol. The lowest BCUT2D eigenvalue weighted by Crippen LogP contribution is -2.29. The number of ether oxygens (including phenoxy) is 1. The van der Waals surface area contributed by atoms with E-state index in [4.69, 9.17) is 15.9 Å². The minimum atomic E-state index is -5.31. The van der Waals surface area contributed by atoms with Gasteiger partial charge in [-0.3, -0.25) is 10.2 Å². The van der Waals surface area contributed by atoms with Gasteiger partial charge < -0.3 is 21.1 Å². The predicted octanol–water partition coefficient (Wildman–Crippen LogP) is 4.38. The zero-order chi connectivity index (χ0) is 25.9. The minimum Gasteiger partial charge on any atom is -0.418 e. The van der Waals surface area contributed by atoms with Crippen LogP contribution in [0.15, 0.2) is 73.1 Å². The van der Waals surface area contributed by atoms with Gasteiger partial charge in [0, 0.05) is 40.1 Å². The largest absolute Gasteiger partial charge is 0.491 e. The summed E-state index contributed by atoms with van der Waals surface area (Å²) in [5.41, 5.74) is 6.03. The van der Waals surface area contributed by atoms with Crippen LogP contribution in [0.1, 0.15) is 15.9 Å². The topological polar surface area (TPSA) is 143 Å². The maximum Gasteiger partial charge on any atom is 0.491 e. The molecule has 9 nitrogen and oxygen atoms in total. The summed E-state index contributed by atoms with van der Waals surface area (Å²) in [5.74, 6) is -4.13. The maximum atomic E-state index is 13.2. The van der Waals surface area contributed by atoms with E-state index in [1.54, 1.807) is 36.4 Å². The highest BCUT2D eigenvalue weighted by Gasteiger charge is 2.42. The van der Waals surface area contributed by atoms with Crippen LogP contribution in [0.25, 0.3) is 10.8 Å². The molecule has 0 bridgehead atoms. The summed E-state index contributed by atoms with van der Waals surface area (Å²) >= 11 is 0. The van der Waals surface area contributed by atoms with Gasteiger partial charge in [-0.15, -0.1) is 0 Å². The summed E-state index contributed by atoms with van der Waals surface area (Å²) < 4.78 is 44.0. The third-order valence-corrected chi connectivity index (χ3v) is 4.91. The normalized spacial score (nSPS) is 11.1. The molecule has 1 amide bonds. The molecule has 5 N–H and O–H groups in total. The Bertz CT molecular complexity index is 1460. The fourth-order valence-electron chi connectivity index (χ4n) is 3.30. The maximum absolute atomic E-state index is 13.2. The van der Waals surface area contributed by atoms with E-state index in [2.05, 4.69) is 20.6 Å². The fraction of sp³-hybridized carbons (Fsp3) is 0.0417. The van der Waals surface area contributed by atoms with Gasteiger partial charge in [-0.1, -0.05) is 24.3 Å². The van der Waals surface area contributed by atoms with Crippen molar-refractivity contribution in [3.63, 3.8) is 0 Å². The van der Waals surface area contributed by atoms with Gasteiger partial charge in [0.1, 0.15) is 5.84 Å². The average molecular weight is 494 g/mol. The van der Waals surface area contributed by atoms with Crippen molar-refractivity contribution in [3.05, 3.63) is 84.2 Å². The van der Waals surface area contributed by atoms with Gasteiger partial charge in [-0.2, -0.15) is 13.2 Å². The second-order valence-corrected chi connectivity index (χ2v) is 7.38. The molecule has 0 saturated heterocycles. The summed E-state index contributed by atoms with van der Waals surface area (Å²) in [5, 5.41) is 13.4. The molecule has 0 fully saturated rings. The zero-order valence-electron chi connectivity index (χ0n) is 18.3. The number of nitrogens with one attached hydrogen (secondary N) is 3. The smallest absolute Gasteiger partial charge is 0.418 e. The summed E-state index contributed by atoms with van der Waals surface area (Å²) in [6.07, 6.45) is -2.39. The number of amidine groups is 1. The Morgan fingerprint density at radius 1 is 0.944 bits per heavy atom. The Labute approximate surface area is 201 Å². The number of rotatable bonds is 6.